The van der Waals surface area contributed by atoms with Crippen LogP contribution in [0.2, 0.25) is 0 Å². The molecule has 19 heavy (non-hydrogen) atoms. The molecule has 0 unspecified atom stereocenters. The summed E-state index contributed by atoms with van der Waals surface area (Å²) in [5.74, 6) is -1.91. The number of amides is 1. The molecule has 1 heterocycles. The van der Waals surface area contributed by atoms with E-state index in [1.807, 2.05) is 0 Å². The third-order valence-corrected chi connectivity index (χ3v) is 3.12. The highest BCUT2D eigenvalue weighted by molar-refractivity contribution is 9.10. The smallest absolute Gasteiger partial charge is 0.259 e. The van der Waals surface area contributed by atoms with Gasteiger partial charge in [0.15, 0.2) is 0 Å². The van der Waals surface area contributed by atoms with E-state index in [0.717, 1.165) is 12.1 Å². The minimum absolute atomic E-state index is 0.000516. The fraction of sp³-hybridized carbons (Fsp3) is 0.167. The number of nitrogens with one attached hydrogen (secondary N) is 1. The molecule has 4 nitrogen and oxygen atoms in total. The zero-order valence-electron chi connectivity index (χ0n) is 10.2. The number of aryl methyl sites for hydroxylation is 2. The first-order valence-corrected chi connectivity index (χ1v) is 6.14. The molecule has 0 aliphatic carbocycles. The first-order valence-electron chi connectivity index (χ1n) is 5.34. The molecule has 0 radical (unpaired) electrons. The van der Waals surface area contributed by atoms with Crippen LogP contribution in [0.4, 0.5) is 14.5 Å². The number of hydrogen-bond donors (Lipinski definition) is 1. The Morgan fingerprint density at radius 3 is 2.63 bits per heavy atom. The number of carbonyl (C=O) groups is 1. The summed E-state index contributed by atoms with van der Waals surface area (Å²) in [6, 6.07) is 1.88. The van der Waals surface area contributed by atoms with E-state index in [-0.39, 0.29) is 10.2 Å². The minimum Gasteiger partial charge on any atom is -0.319 e. The van der Waals surface area contributed by atoms with Gasteiger partial charge in [-0.05, 0) is 28.9 Å². The second-order valence-corrected chi connectivity index (χ2v) is 4.86. The lowest BCUT2D eigenvalue weighted by Crippen LogP contribution is -2.13. The fourth-order valence-corrected chi connectivity index (χ4v) is 1.95. The second kappa shape index (κ2) is 5.08. The van der Waals surface area contributed by atoms with Gasteiger partial charge in [-0.2, -0.15) is 5.10 Å². The van der Waals surface area contributed by atoms with E-state index in [1.165, 1.54) is 10.9 Å². The summed E-state index contributed by atoms with van der Waals surface area (Å²) in [5, 5.41) is 6.33. The van der Waals surface area contributed by atoms with Crippen molar-refractivity contribution in [1.82, 2.24) is 9.78 Å². The van der Waals surface area contributed by atoms with Crippen molar-refractivity contribution in [2.75, 3.05) is 5.32 Å². The average Bonchev–Trinajstić information content (AvgIpc) is 2.65. The summed E-state index contributed by atoms with van der Waals surface area (Å²) < 4.78 is 28.4. The van der Waals surface area contributed by atoms with Crippen molar-refractivity contribution >= 4 is 27.5 Å². The zero-order valence-corrected chi connectivity index (χ0v) is 11.8. The van der Waals surface area contributed by atoms with Crippen LogP contribution in [0.3, 0.4) is 0 Å². The Hall–Kier alpha value is -1.76. The largest absolute Gasteiger partial charge is 0.319 e. The van der Waals surface area contributed by atoms with Crippen molar-refractivity contribution < 1.29 is 13.6 Å². The number of benzene rings is 1. The SMILES string of the molecule is Cc1nn(C)cc1C(=O)Nc1cc(F)c(Br)cc1F. The van der Waals surface area contributed by atoms with Crippen LogP contribution >= 0.6 is 15.9 Å². The van der Waals surface area contributed by atoms with Crippen LogP contribution < -0.4 is 5.32 Å². The Balaban J connectivity index is 2.29. The number of anilines is 1. The highest BCUT2D eigenvalue weighted by Crippen LogP contribution is 2.24. The molecule has 0 saturated carbocycles. The normalized spacial score (nSPS) is 10.6. The molecule has 100 valence electrons. The quantitative estimate of drug-likeness (QED) is 0.861. The molecule has 0 bridgehead atoms. The predicted molar refractivity (Wildman–Crippen MR) is 70.0 cm³/mol. The molecule has 7 heteroatoms. The monoisotopic (exact) mass is 329 g/mol. The number of hydrogen-bond acceptors (Lipinski definition) is 2. The van der Waals surface area contributed by atoms with Gasteiger partial charge in [0.25, 0.3) is 5.91 Å². The Kier molecular flexibility index (Phi) is 3.66. The zero-order chi connectivity index (χ0) is 14.2. The van der Waals surface area contributed by atoms with Gasteiger partial charge in [0.05, 0.1) is 21.4 Å². The standard InChI is InChI=1S/C12H10BrF2N3O/c1-6-7(5-18(2)17-6)12(19)16-11-4-9(14)8(13)3-10(11)15/h3-5H,1-2H3,(H,16,19). The van der Waals surface area contributed by atoms with Gasteiger partial charge in [0, 0.05) is 19.3 Å². The second-order valence-electron chi connectivity index (χ2n) is 4.00. The number of halogens is 3. The number of rotatable bonds is 2. The van der Waals surface area contributed by atoms with Gasteiger partial charge in [-0.15, -0.1) is 0 Å². The molecule has 1 amide bonds. The summed E-state index contributed by atoms with van der Waals surface area (Å²) in [6.45, 7) is 1.66. The van der Waals surface area contributed by atoms with Crippen molar-refractivity contribution in [3.8, 4) is 0 Å². The summed E-state index contributed by atoms with van der Waals surface area (Å²) in [4.78, 5) is 11.9. The fourth-order valence-electron chi connectivity index (χ4n) is 1.63. The van der Waals surface area contributed by atoms with Crippen molar-refractivity contribution in [1.29, 1.82) is 0 Å². The Bertz CT molecular complexity index is 655. The van der Waals surface area contributed by atoms with Crippen molar-refractivity contribution in [3.63, 3.8) is 0 Å². The number of carbonyl (C=O) groups excluding carboxylic acids is 1. The van der Waals surface area contributed by atoms with E-state index in [2.05, 4.69) is 26.3 Å². The summed E-state index contributed by atoms with van der Waals surface area (Å²) in [7, 11) is 1.67. The molecule has 0 spiro atoms. The van der Waals surface area contributed by atoms with Crippen LogP contribution in [0, 0.1) is 18.6 Å². The summed E-state index contributed by atoms with van der Waals surface area (Å²) >= 11 is 2.87. The third-order valence-electron chi connectivity index (χ3n) is 2.52. The number of aromatic nitrogens is 2. The maximum atomic E-state index is 13.6. The molecule has 0 atom stereocenters. The molecule has 1 aromatic heterocycles. The van der Waals surface area contributed by atoms with E-state index in [9.17, 15) is 13.6 Å². The Morgan fingerprint density at radius 2 is 2.05 bits per heavy atom. The molecule has 0 aliphatic heterocycles. The summed E-state index contributed by atoms with van der Waals surface area (Å²) in [5.41, 5.74) is 0.608. The van der Waals surface area contributed by atoms with Gasteiger partial charge in [0.2, 0.25) is 0 Å². The number of nitrogens with zero attached hydrogens (tertiary/aromatic N) is 2. The third kappa shape index (κ3) is 2.81. The van der Waals surface area contributed by atoms with Gasteiger partial charge < -0.3 is 5.32 Å². The highest BCUT2D eigenvalue weighted by atomic mass is 79.9. The van der Waals surface area contributed by atoms with Gasteiger partial charge in [-0.3, -0.25) is 9.48 Å². The first-order chi connectivity index (χ1) is 8.88. The topological polar surface area (TPSA) is 46.9 Å². The van der Waals surface area contributed by atoms with Gasteiger partial charge in [-0.1, -0.05) is 0 Å². The summed E-state index contributed by atoms with van der Waals surface area (Å²) in [6.07, 6.45) is 1.51. The van der Waals surface area contributed by atoms with Crippen LogP contribution in [0.5, 0.6) is 0 Å². The van der Waals surface area contributed by atoms with Crippen LogP contribution in [-0.2, 0) is 7.05 Å². The molecule has 0 aliphatic rings. The van der Waals surface area contributed by atoms with Crippen LogP contribution in [0.25, 0.3) is 0 Å². The van der Waals surface area contributed by atoms with Crippen LogP contribution in [-0.4, -0.2) is 15.7 Å². The van der Waals surface area contributed by atoms with Gasteiger partial charge in [0.1, 0.15) is 11.6 Å². The minimum atomic E-state index is -0.719. The molecule has 0 fully saturated rings. The predicted octanol–water partition coefficient (Wildman–Crippen LogP) is 3.02. The lowest BCUT2D eigenvalue weighted by Gasteiger charge is -2.06. The lowest BCUT2D eigenvalue weighted by atomic mass is 10.2. The molecule has 0 saturated heterocycles. The van der Waals surface area contributed by atoms with E-state index in [1.54, 1.807) is 14.0 Å². The Labute approximate surface area is 116 Å². The van der Waals surface area contributed by atoms with Crippen LogP contribution in [0.1, 0.15) is 16.1 Å². The average molecular weight is 330 g/mol. The molecule has 2 rings (SSSR count). The molecular weight excluding hydrogens is 320 g/mol. The van der Waals surface area contributed by atoms with E-state index in [0.29, 0.717) is 11.3 Å². The molecule has 1 N–H and O–H groups in total. The van der Waals surface area contributed by atoms with E-state index >= 15 is 0 Å². The van der Waals surface area contributed by atoms with Crippen molar-refractivity contribution in [3.05, 3.63) is 45.7 Å². The van der Waals surface area contributed by atoms with Gasteiger partial charge in [-0.25, -0.2) is 8.78 Å². The molecule has 1 aromatic carbocycles. The van der Waals surface area contributed by atoms with Crippen molar-refractivity contribution in [2.24, 2.45) is 7.05 Å². The van der Waals surface area contributed by atoms with Crippen molar-refractivity contribution in [2.45, 2.75) is 6.92 Å². The van der Waals surface area contributed by atoms with E-state index in [4.69, 9.17) is 0 Å². The highest BCUT2D eigenvalue weighted by Gasteiger charge is 2.16. The molecule has 2 aromatic rings. The van der Waals surface area contributed by atoms with Crippen LogP contribution in [0.15, 0.2) is 22.8 Å². The Morgan fingerprint density at radius 1 is 1.37 bits per heavy atom. The maximum Gasteiger partial charge on any atom is 0.259 e. The van der Waals surface area contributed by atoms with Gasteiger partial charge >= 0.3 is 0 Å². The van der Waals surface area contributed by atoms with E-state index < -0.39 is 17.5 Å². The molecular formula is C12H10BrF2N3O. The maximum absolute atomic E-state index is 13.6. The first kappa shape index (κ1) is 13.7. The lowest BCUT2D eigenvalue weighted by molar-refractivity contribution is 0.102.